The molecule has 0 N–H and O–H groups in total. The van der Waals surface area contributed by atoms with Gasteiger partial charge in [-0.2, -0.15) is 13.2 Å². The highest BCUT2D eigenvalue weighted by atomic mass is 19.4. The van der Waals surface area contributed by atoms with Gasteiger partial charge in [-0.05, 0) is 23.3 Å². The van der Waals surface area contributed by atoms with Crippen molar-refractivity contribution in [1.82, 2.24) is 0 Å². The normalized spacial score (nSPS) is 11.4. The average Bonchev–Trinajstić information content (AvgIpc) is 2.38. The van der Waals surface area contributed by atoms with Gasteiger partial charge in [-0.3, -0.25) is 0 Å². The van der Waals surface area contributed by atoms with Crippen LogP contribution >= 0.6 is 0 Å². The second-order valence-electron chi connectivity index (χ2n) is 4.49. The molecular formula is C15H14F3N. The minimum atomic E-state index is -4.36. The lowest BCUT2D eigenvalue weighted by Gasteiger charge is -2.18. The number of hydrogen-bond acceptors (Lipinski definition) is 1. The molecule has 2 rings (SSSR count). The molecule has 0 saturated heterocycles. The molecule has 0 aliphatic heterocycles. The molecule has 19 heavy (non-hydrogen) atoms. The third-order valence-corrected chi connectivity index (χ3v) is 2.91. The van der Waals surface area contributed by atoms with E-state index in [9.17, 15) is 13.2 Å². The van der Waals surface area contributed by atoms with Crippen LogP contribution in [0.3, 0.4) is 0 Å². The van der Waals surface area contributed by atoms with E-state index in [-0.39, 0.29) is 5.56 Å². The maximum absolute atomic E-state index is 13.2. The van der Waals surface area contributed by atoms with Crippen LogP contribution in [-0.4, -0.2) is 14.1 Å². The zero-order chi connectivity index (χ0) is 14.0. The smallest absolute Gasteiger partial charge is 0.378 e. The molecule has 0 fully saturated rings. The molecule has 0 atom stereocenters. The first-order valence-electron chi connectivity index (χ1n) is 5.83. The molecule has 0 spiro atoms. The lowest BCUT2D eigenvalue weighted by Crippen LogP contribution is -2.12. The molecule has 0 bridgehead atoms. The summed E-state index contributed by atoms with van der Waals surface area (Å²) >= 11 is 0. The van der Waals surface area contributed by atoms with Crippen LogP contribution in [0.15, 0.2) is 48.5 Å². The van der Waals surface area contributed by atoms with Gasteiger partial charge < -0.3 is 4.90 Å². The summed E-state index contributed by atoms with van der Waals surface area (Å²) in [5, 5.41) is 0. The molecular weight excluding hydrogens is 251 g/mol. The Morgan fingerprint density at radius 3 is 2.05 bits per heavy atom. The van der Waals surface area contributed by atoms with Crippen molar-refractivity contribution in [2.24, 2.45) is 0 Å². The molecule has 0 radical (unpaired) electrons. The van der Waals surface area contributed by atoms with Crippen molar-refractivity contribution < 1.29 is 13.2 Å². The van der Waals surface area contributed by atoms with Crippen molar-refractivity contribution in [3.05, 3.63) is 54.1 Å². The molecule has 2 aromatic carbocycles. The van der Waals surface area contributed by atoms with Crippen LogP contribution in [0, 0.1) is 0 Å². The monoisotopic (exact) mass is 265 g/mol. The summed E-state index contributed by atoms with van der Waals surface area (Å²) in [6.07, 6.45) is -4.36. The topological polar surface area (TPSA) is 3.24 Å². The summed E-state index contributed by atoms with van der Waals surface area (Å²) in [4.78, 5) is 1.66. The van der Waals surface area contributed by atoms with E-state index in [1.807, 2.05) is 0 Å². The van der Waals surface area contributed by atoms with E-state index in [2.05, 4.69) is 0 Å². The second kappa shape index (κ2) is 4.96. The van der Waals surface area contributed by atoms with E-state index in [1.54, 1.807) is 55.4 Å². The van der Waals surface area contributed by atoms with Crippen LogP contribution in [0.25, 0.3) is 11.1 Å². The zero-order valence-corrected chi connectivity index (χ0v) is 10.7. The first-order chi connectivity index (χ1) is 8.89. The van der Waals surface area contributed by atoms with Gasteiger partial charge >= 0.3 is 6.18 Å². The van der Waals surface area contributed by atoms with E-state index < -0.39 is 11.7 Å². The van der Waals surface area contributed by atoms with E-state index >= 15 is 0 Å². The summed E-state index contributed by atoms with van der Waals surface area (Å²) < 4.78 is 39.5. The number of benzene rings is 2. The lowest BCUT2D eigenvalue weighted by atomic mass is 9.98. The Morgan fingerprint density at radius 1 is 0.895 bits per heavy atom. The summed E-state index contributed by atoms with van der Waals surface area (Å²) in [5.41, 5.74) is 0.704. The molecule has 1 nitrogen and oxygen atoms in total. The van der Waals surface area contributed by atoms with Gasteiger partial charge in [0.15, 0.2) is 0 Å². The van der Waals surface area contributed by atoms with Crippen LogP contribution < -0.4 is 4.90 Å². The largest absolute Gasteiger partial charge is 0.417 e. The molecule has 4 heteroatoms. The molecule has 0 amide bonds. The van der Waals surface area contributed by atoms with Gasteiger partial charge in [0.1, 0.15) is 0 Å². The van der Waals surface area contributed by atoms with Crippen molar-refractivity contribution in [1.29, 1.82) is 0 Å². The van der Waals surface area contributed by atoms with E-state index in [4.69, 9.17) is 0 Å². The Hall–Kier alpha value is -1.97. The summed E-state index contributed by atoms with van der Waals surface area (Å²) in [7, 11) is 3.44. The number of halogens is 3. The van der Waals surface area contributed by atoms with Crippen molar-refractivity contribution in [3.63, 3.8) is 0 Å². The van der Waals surface area contributed by atoms with E-state index in [1.165, 1.54) is 12.1 Å². The van der Waals surface area contributed by atoms with Crippen molar-refractivity contribution >= 4 is 5.69 Å². The first-order valence-corrected chi connectivity index (χ1v) is 5.83. The van der Waals surface area contributed by atoms with Crippen LogP contribution in [0.4, 0.5) is 18.9 Å². The minimum absolute atomic E-state index is 0.207. The van der Waals surface area contributed by atoms with Gasteiger partial charge in [-0.15, -0.1) is 0 Å². The van der Waals surface area contributed by atoms with Crippen LogP contribution in [0.1, 0.15) is 5.56 Å². The molecule has 0 unspecified atom stereocenters. The molecule has 100 valence electrons. The molecule has 0 aromatic heterocycles. The molecule has 0 aliphatic rings. The highest BCUT2D eigenvalue weighted by Crippen LogP contribution is 2.38. The number of hydrogen-bond donors (Lipinski definition) is 0. The van der Waals surface area contributed by atoms with Gasteiger partial charge in [0.05, 0.1) is 5.56 Å². The van der Waals surface area contributed by atoms with Crippen LogP contribution in [-0.2, 0) is 6.18 Å². The average molecular weight is 265 g/mol. The van der Waals surface area contributed by atoms with Gasteiger partial charge in [-0.25, -0.2) is 0 Å². The SMILES string of the molecule is CN(C)c1ccc(-c2ccccc2)c(C(F)(F)F)c1. The first kappa shape index (κ1) is 13.5. The number of nitrogens with zero attached hydrogens (tertiary/aromatic N) is 1. The number of anilines is 1. The molecule has 0 saturated carbocycles. The Kier molecular flexibility index (Phi) is 3.51. The Bertz CT molecular complexity index is 559. The Morgan fingerprint density at radius 2 is 1.53 bits per heavy atom. The molecule has 2 aromatic rings. The second-order valence-corrected chi connectivity index (χ2v) is 4.49. The number of alkyl halides is 3. The predicted molar refractivity (Wildman–Crippen MR) is 71.2 cm³/mol. The highest BCUT2D eigenvalue weighted by molar-refractivity contribution is 5.71. The van der Waals surface area contributed by atoms with Crippen molar-refractivity contribution in [3.8, 4) is 11.1 Å². The zero-order valence-electron chi connectivity index (χ0n) is 10.7. The maximum Gasteiger partial charge on any atom is 0.417 e. The van der Waals surface area contributed by atoms with Gasteiger partial charge in [0.2, 0.25) is 0 Å². The third-order valence-electron chi connectivity index (χ3n) is 2.91. The van der Waals surface area contributed by atoms with Crippen molar-refractivity contribution in [2.45, 2.75) is 6.18 Å². The fourth-order valence-electron chi connectivity index (χ4n) is 1.91. The van der Waals surface area contributed by atoms with Crippen molar-refractivity contribution in [2.75, 3.05) is 19.0 Å². The van der Waals surface area contributed by atoms with Crippen LogP contribution in [0.2, 0.25) is 0 Å². The number of rotatable bonds is 2. The summed E-state index contributed by atoms with van der Waals surface area (Å²) in [6, 6.07) is 13.0. The Labute approximate surface area is 110 Å². The standard InChI is InChI=1S/C15H14F3N/c1-19(2)12-8-9-13(11-6-4-3-5-7-11)14(10-12)15(16,17)18/h3-10H,1-2H3. The van der Waals surface area contributed by atoms with Gasteiger partial charge in [-0.1, -0.05) is 36.4 Å². The van der Waals surface area contributed by atoms with Crippen LogP contribution in [0.5, 0.6) is 0 Å². The Balaban J connectivity index is 2.62. The molecule has 0 aliphatic carbocycles. The summed E-state index contributed by atoms with van der Waals surface area (Å²) in [6.45, 7) is 0. The van der Waals surface area contributed by atoms with E-state index in [0.717, 1.165) is 0 Å². The quantitative estimate of drug-likeness (QED) is 0.776. The van der Waals surface area contributed by atoms with Gasteiger partial charge in [0.25, 0.3) is 0 Å². The lowest BCUT2D eigenvalue weighted by molar-refractivity contribution is -0.137. The summed E-state index contributed by atoms with van der Waals surface area (Å²) in [5.74, 6) is 0. The fourth-order valence-corrected chi connectivity index (χ4v) is 1.91. The minimum Gasteiger partial charge on any atom is -0.378 e. The maximum atomic E-state index is 13.2. The third kappa shape index (κ3) is 2.89. The predicted octanol–water partition coefficient (Wildman–Crippen LogP) is 4.44. The molecule has 0 heterocycles. The van der Waals surface area contributed by atoms with E-state index in [0.29, 0.717) is 11.3 Å². The fraction of sp³-hybridized carbons (Fsp3) is 0.200. The highest BCUT2D eigenvalue weighted by Gasteiger charge is 2.34. The van der Waals surface area contributed by atoms with Gasteiger partial charge in [0, 0.05) is 19.8 Å².